The Hall–Kier alpha value is -2.42. The van der Waals surface area contributed by atoms with E-state index in [1.54, 1.807) is 0 Å². The lowest BCUT2D eigenvalue weighted by atomic mass is 10.2. The summed E-state index contributed by atoms with van der Waals surface area (Å²) in [5.41, 5.74) is 2.45. The lowest BCUT2D eigenvalue weighted by Crippen LogP contribution is -2.16. The van der Waals surface area contributed by atoms with Crippen molar-refractivity contribution < 1.29 is 4.79 Å². The van der Waals surface area contributed by atoms with Crippen LogP contribution in [0.25, 0.3) is 0 Å². The molecule has 0 aromatic heterocycles. The molecule has 0 unspecified atom stereocenters. The van der Waals surface area contributed by atoms with E-state index in [1.807, 2.05) is 47.6 Å². The number of hydrazone groups is 1. The maximum atomic E-state index is 10.4. The highest BCUT2D eigenvalue weighted by Gasteiger charge is 2.03. The van der Waals surface area contributed by atoms with Crippen LogP contribution in [-0.2, 0) is 17.9 Å². The van der Waals surface area contributed by atoms with Crippen molar-refractivity contribution >= 4 is 12.5 Å². The summed E-state index contributed by atoms with van der Waals surface area (Å²) in [6.45, 7) is 1.51. The van der Waals surface area contributed by atoms with Crippen LogP contribution in [0.5, 0.6) is 0 Å². The maximum Gasteiger partial charge on any atom is 0.120 e. The number of hydrogen-bond acceptors (Lipinski definition) is 3. The van der Waals surface area contributed by atoms with Crippen molar-refractivity contribution in [3.8, 4) is 0 Å². The number of benzene rings is 2. The Morgan fingerprint density at radius 2 is 1.33 bits per heavy atom. The SMILES string of the molecule is O=CCC/C=N/N(Cc1ccccc1)Cc1ccccc1. The van der Waals surface area contributed by atoms with E-state index in [0.717, 1.165) is 19.4 Å². The maximum absolute atomic E-state index is 10.4. The van der Waals surface area contributed by atoms with Gasteiger partial charge in [-0.1, -0.05) is 60.7 Å². The highest BCUT2D eigenvalue weighted by atomic mass is 16.1. The van der Waals surface area contributed by atoms with Crippen LogP contribution in [0.3, 0.4) is 0 Å². The molecule has 2 rings (SSSR count). The topological polar surface area (TPSA) is 32.7 Å². The minimum Gasteiger partial charge on any atom is -0.303 e. The first-order valence-corrected chi connectivity index (χ1v) is 7.17. The molecule has 0 atom stereocenters. The van der Waals surface area contributed by atoms with Gasteiger partial charge < -0.3 is 4.79 Å². The molecule has 0 saturated heterocycles. The molecule has 0 heterocycles. The second-order valence-electron chi connectivity index (χ2n) is 4.84. The molecular formula is C18H20N2O. The van der Waals surface area contributed by atoms with Crippen molar-refractivity contribution in [2.45, 2.75) is 25.9 Å². The van der Waals surface area contributed by atoms with E-state index in [4.69, 9.17) is 0 Å². The molecule has 0 aliphatic rings. The summed E-state index contributed by atoms with van der Waals surface area (Å²) in [5, 5.41) is 6.52. The molecule has 0 aliphatic carbocycles. The normalized spacial score (nSPS) is 10.7. The molecule has 3 nitrogen and oxygen atoms in total. The molecule has 0 spiro atoms. The van der Waals surface area contributed by atoms with E-state index in [2.05, 4.69) is 29.4 Å². The number of carbonyl (C=O) groups is 1. The third-order valence-corrected chi connectivity index (χ3v) is 3.07. The van der Waals surface area contributed by atoms with Crippen LogP contribution >= 0.6 is 0 Å². The van der Waals surface area contributed by atoms with Crippen molar-refractivity contribution in [1.29, 1.82) is 0 Å². The molecule has 0 aliphatic heterocycles. The Bertz CT molecular complexity index is 510. The summed E-state index contributed by atoms with van der Waals surface area (Å²) in [5.74, 6) is 0. The molecule has 2 aromatic carbocycles. The Balaban J connectivity index is 2.02. The average Bonchev–Trinajstić information content (AvgIpc) is 2.53. The fraction of sp³-hybridized carbons (Fsp3) is 0.222. The van der Waals surface area contributed by atoms with E-state index in [-0.39, 0.29) is 0 Å². The highest BCUT2D eigenvalue weighted by molar-refractivity contribution is 5.62. The fourth-order valence-corrected chi connectivity index (χ4v) is 2.04. The minimum absolute atomic E-state index is 0.522. The third kappa shape index (κ3) is 5.61. The van der Waals surface area contributed by atoms with E-state index in [9.17, 15) is 4.79 Å². The standard InChI is InChI=1S/C18H20N2O/c21-14-8-7-13-19-20(15-17-9-3-1-4-10-17)16-18-11-5-2-6-12-18/h1-6,9-14H,7-8,15-16H2/b19-13+. The van der Waals surface area contributed by atoms with Crippen molar-refractivity contribution in [3.05, 3.63) is 71.8 Å². The summed E-state index contributed by atoms with van der Waals surface area (Å²) in [6, 6.07) is 20.5. The average molecular weight is 280 g/mol. The highest BCUT2D eigenvalue weighted by Crippen LogP contribution is 2.10. The molecule has 0 bridgehead atoms. The van der Waals surface area contributed by atoms with E-state index < -0.39 is 0 Å². The van der Waals surface area contributed by atoms with E-state index >= 15 is 0 Å². The largest absolute Gasteiger partial charge is 0.303 e. The second-order valence-corrected chi connectivity index (χ2v) is 4.84. The van der Waals surface area contributed by atoms with Gasteiger partial charge in [0.15, 0.2) is 0 Å². The molecule has 21 heavy (non-hydrogen) atoms. The summed E-state index contributed by atoms with van der Waals surface area (Å²) in [6.07, 6.45) is 3.95. The van der Waals surface area contributed by atoms with Crippen LogP contribution in [0.2, 0.25) is 0 Å². The Morgan fingerprint density at radius 3 is 1.81 bits per heavy atom. The van der Waals surface area contributed by atoms with Gasteiger partial charge >= 0.3 is 0 Å². The summed E-state index contributed by atoms with van der Waals surface area (Å²) >= 11 is 0. The predicted octanol–water partition coefficient (Wildman–Crippen LogP) is 3.65. The molecule has 0 saturated carbocycles. The lowest BCUT2D eigenvalue weighted by Gasteiger charge is -2.19. The molecule has 2 aromatic rings. The van der Waals surface area contributed by atoms with Crippen LogP contribution in [-0.4, -0.2) is 17.5 Å². The van der Waals surface area contributed by atoms with Gasteiger partial charge in [0, 0.05) is 12.6 Å². The quantitative estimate of drug-likeness (QED) is 0.320. The first kappa shape index (κ1) is 15.0. The number of carbonyl (C=O) groups excluding carboxylic acids is 1. The smallest absolute Gasteiger partial charge is 0.120 e. The van der Waals surface area contributed by atoms with Crippen molar-refractivity contribution in [3.63, 3.8) is 0 Å². The second kappa shape index (κ2) is 8.69. The lowest BCUT2D eigenvalue weighted by molar-refractivity contribution is -0.107. The van der Waals surface area contributed by atoms with Crippen molar-refractivity contribution in [1.82, 2.24) is 5.01 Å². The zero-order valence-electron chi connectivity index (χ0n) is 12.1. The van der Waals surface area contributed by atoms with Crippen LogP contribution in [0.1, 0.15) is 24.0 Å². The van der Waals surface area contributed by atoms with Crippen LogP contribution in [0.4, 0.5) is 0 Å². The number of aldehydes is 1. The molecule has 0 amide bonds. The number of rotatable bonds is 8. The number of nitrogens with zero attached hydrogens (tertiary/aromatic N) is 2. The van der Waals surface area contributed by atoms with E-state index in [0.29, 0.717) is 12.8 Å². The summed E-state index contributed by atoms with van der Waals surface area (Å²) < 4.78 is 0. The van der Waals surface area contributed by atoms with Crippen molar-refractivity contribution in [2.75, 3.05) is 0 Å². The third-order valence-electron chi connectivity index (χ3n) is 3.07. The van der Waals surface area contributed by atoms with Gasteiger partial charge in [0.25, 0.3) is 0 Å². The van der Waals surface area contributed by atoms with E-state index in [1.165, 1.54) is 11.1 Å². The van der Waals surface area contributed by atoms with Crippen LogP contribution in [0.15, 0.2) is 65.8 Å². The zero-order chi connectivity index (χ0) is 14.8. The molecular weight excluding hydrogens is 260 g/mol. The summed E-state index contributed by atoms with van der Waals surface area (Å²) in [7, 11) is 0. The van der Waals surface area contributed by atoms with Gasteiger partial charge in [-0.15, -0.1) is 0 Å². The van der Waals surface area contributed by atoms with Gasteiger partial charge in [0.05, 0.1) is 13.1 Å². The molecule has 0 fully saturated rings. The Morgan fingerprint density at radius 1 is 0.810 bits per heavy atom. The molecule has 3 heteroatoms. The zero-order valence-corrected chi connectivity index (χ0v) is 12.1. The number of hydrogen-bond donors (Lipinski definition) is 0. The van der Waals surface area contributed by atoms with Crippen LogP contribution < -0.4 is 0 Å². The molecule has 0 N–H and O–H groups in total. The predicted molar refractivity (Wildman–Crippen MR) is 85.9 cm³/mol. The number of unbranched alkanes of at least 4 members (excludes halogenated alkanes) is 1. The van der Waals surface area contributed by atoms with Gasteiger partial charge in [-0.05, 0) is 17.5 Å². The minimum atomic E-state index is 0.522. The summed E-state index contributed by atoms with van der Waals surface area (Å²) in [4.78, 5) is 10.4. The Kier molecular flexibility index (Phi) is 6.20. The van der Waals surface area contributed by atoms with Gasteiger partial charge in [-0.3, -0.25) is 5.01 Å². The van der Waals surface area contributed by atoms with Gasteiger partial charge in [-0.2, -0.15) is 5.10 Å². The van der Waals surface area contributed by atoms with Crippen molar-refractivity contribution in [2.24, 2.45) is 5.10 Å². The van der Waals surface area contributed by atoms with Gasteiger partial charge in [0.2, 0.25) is 0 Å². The van der Waals surface area contributed by atoms with Gasteiger partial charge in [0.1, 0.15) is 6.29 Å². The fourth-order valence-electron chi connectivity index (χ4n) is 2.04. The van der Waals surface area contributed by atoms with Gasteiger partial charge in [-0.25, -0.2) is 0 Å². The first-order chi connectivity index (χ1) is 10.4. The Labute approximate surface area is 125 Å². The monoisotopic (exact) mass is 280 g/mol. The first-order valence-electron chi connectivity index (χ1n) is 7.17. The van der Waals surface area contributed by atoms with Crippen LogP contribution in [0, 0.1) is 0 Å². The molecule has 108 valence electrons. The molecule has 0 radical (unpaired) electrons.